The molecule has 32 heavy (non-hydrogen) atoms. The maximum absolute atomic E-state index is 12.8. The first-order chi connectivity index (χ1) is 15.4. The second-order valence-electron chi connectivity index (χ2n) is 9.18. The predicted octanol–water partition coefficient (Wildman–Crippen LogP) is 3.29. The number of halogens is 1. The van der Waals surface area contributed by atoms with Crippen LogP contribution in [0.25, 0.3) is 0 Å². The number of alkyl halides is 1. The molecule has 0 spiro atoms. The number of likely N-dealkylation sites (tertiary alicyclic amines) is 1. The molecule has 1 aliphatic heterocycles. The molecule has 0 atom stereocenters. The number of carbonyl (C=O) groups excluding carboxylic acids is 2. The highest BCUT2D eigenvalue weighted by Crippen LogP contribution is 2.34. The van der Waals surface area contributed by atoms with E-state index < -0.39 is 6.67 Å². The third-order valence-corrected chi connectivity index (χ3v) is 6.90. The number of aromatic nitrogens is 1. The molecule has 7 heteroatoms. The monoisotopic (exact) mass is 440 g/mol. The first-order valence-electron chi connectivity index (χ1n) is 11.6. The van der Waals surface area contributed by atoms with E-state index in [-0.39, 0.29) is 24.4 Å². The van der Waals surface area contributed by atoms with E-state index in [2.05, 4.69) is 46.1 Å². The van der Waals surface area contributed by atoms with E-state index in [4.69, 9.17) is 0 Å². The molecule has 1 aromatic carbocycles. The van der Waals surface area contributed by atoms with Gasteiger partial charge in [-0.05, 0) is 69.4 Å². The smallest absolute Gasteiger partial charge is 0.251 e. The van der Waals surface area contributed by atoms with E-state index in [0.29, 0.717) is 23.2 Å². The summed E-state index contributed by atoms with van der Waals surface area (Å²) in [6.45, 7) is 5.42. The molecule has 4 rings (SSSR count). The Kier molecular flexibility index (Phi) is 6.94. The zero-order valence-electron chi connectivity index (χ0n) is 18.9. The highest BCUT2D eigenvalue weighted by Gasteiger charge is 2.35. The summed E-state index contributed by atoms with van der Waals surface area (Å²) in [5, 5.41) is 5.62. The Morgan fingerprint density at radius 1 is 1.00 bits per heavy atom. The molecular weight excluding hydrogens is 407 g/mol. The van der Waals surface area contributed by atoms with Crippen LogP contribution in [0.5, 0.6) is 0 Å². The van der Waals surface area contributed by atoms with Crippen LogP contribution < -0.4 is 10.6 Å². The fourth-order valence-electron chi connectivity index (χ4n) is 5.18. The maximum Gasteiger partial charge on any atom is 0.251 e. The Hall–Kier alpha value is -2.67. The van der Waals surface area contributed by atoms with Gasteiger partial charge < -0.3 is 15.2 Å². The molecule has 0 unspecified atom stereocenters. The van der Waals surface area contributed by atoms with Crippen molar-refractivity contribution in [1.29, 1.82) is 0 Å². The number of amides is 2. The van der Waals surface area contributed by atoms with Gasteiger partial charge in [0.2, 0.25) is 5.91 Å². The zero-order valence-corrected chi connectivity index (χ0v) is 18.9. The summed E-state index contributed by atoms with van der Waals surface area (Å²) in [5.74, 6) is -0.553. The van der Waals surface area contributed by atoms with Gasteiger partial charge in [0.05, 0.1) is 12.6 Å². The van der Waals surface area contributed by atoms with Gasteiger partial charge in [0.15, 0.2) is 0 Å². The molecule has 2 amide bonds. The standard InChI is InChI=1S/C25H33FN4O2/c1-17-6-7-18(2)30(17)23-10-8-22(9-11-23)29-15-21(16-29)28-24(31)14-27-25(32)20-5-3-4-19(12-20)13-26/h3-7,12,21-23H,8-11,13-16H2,1-2H3,(H,27,32)(H,28,31). The van der Waals surface area contributed by atoms with Gasteiger partial charge in [-0.25, -0.2) is 4.39 Å². The first-order valence-corrected chi connectivity index (χ1v) is 11.6. The number of hydrogen-bond donors (Lipinski definition) is 2. The summed E-state index contributed by atoms with van der Waals surface area (Å²) in [4.78, 5) is 26.9. The molecule has 2 aliphatic rings. The molecule has 172 valence electrons. The van der Waals surface area contributed by atoms with Gasteiger partial charge in [0.1, 0.15) is 6.67 Å². The van der Waals surface area contributed by atoms with Gasteiger partial charge in [0, 0.05) is 42.1 Å². The van der Waals surface area contributed by atoms with Crippen molar-refractivity contribution in [1.82, 2.24) is 20.1 Å². The van der Waals surface area contributed by atoms with Gasteiger partial charge in [-0.2, -0.15) is 0 Å². The van der Waals surface area contributed by atoms with E-state index >= 15 is 0 Å². The molecule has 6 nitrogen and oxygen atoms in total. The second-order valence-corrected chi connectivity index (χ2v) is 9.18. The second kappa shape index (κ2) is 9.86. The van der Waals surface area contributed by atoms with Gasteiger partial charge in [-0.3, -0.25) is 14.5 Å². The molecular formula is C25H33FN4O2. The average Bonchev–Trinajstić information content (AvgIpc) is 3.12. The van der Waals surface area contributed by atoms with Crippen molar-refractivity contribution in [2.24, 2.45) is 0 Å². The molecule has 1 saturated heterocycles. The Labute approximate surface area is 189 Å². The van der Waals surface area contributed by atoms with E-state index in [9.17, 15) is 14.0 Å². The number of aryl methyl sites for hydroxylation is 2. The quantitative estimate of drug-likeness (QED) is 0.694. The molecule has 2 heterocycles. The highest BCUT2D eigenvalue weighted by atomic mass is 19.1. The normalized spacial score (nSPS) is 21.7. The molecule has 2 aromatic rings. The summed E-state index contributed by atoms with van der Waals surface area (Å²) in [5.41, 5.74) is 3.51. The molecule has 2 N–H and O–H groups in total. The summed E-state index contributed by atoms with van der Waals surface area (Å²) < 4.78 is 15.2. The van der Waals surface area contributed by atoms with Crippen LogP contribution in [-0.2, 0) is 11.5 Å². The van der Waals surface area contributed by atoms with E-state index in [1.54, 1.807) is 18.2 Å². The van der Waals surface area contributed by atoms with Crippen LogP contribution in [0.4, 0.5) is 4.39 Å². The summed E-state index contributed by atoms with van der Waals surface area (Å²) in [6, 6.07) is 12.1. The summed E-state index contributed by atoms with van der Waals surface area (Å²) >= 11 is 0. The third-order valence-electron chi connectivity index (χ3n) is 6.90. The van der Waals surface area contributed by atoms with Crippen LogP contribution >= 0.6 is 0 Å². The van der Waals surface area contributed by atoms with E-state index in [1.165, 1.54) is 43.1 Å². The lowest BCUT2D eigenvalue weighted by atomic mass is 9.87. The molecule has 2 fully saturated rings. The van der Waals surface area contributed by atoms with Crippen LogP contribution in [0, 0.1) is 13.8 Å². The number of carbonyl (C=O) groups is 2. The van der Waals surface area contributed by atoms with Crippen LogP contribution in [-0.4, -0.2) is 53.0 Å². The number of nitrogens with zero attached hydrogens (tertiary/aromatic N) is 2. The largest absolute Gasteiger partial charge is 0.349 e. The van der Waals surface area contributed by atoms with Crippen molar-refractivity contribution in [3.63, 3.8) is 0 Å². The molecule has 1 aliphatic carbocycles. The molecule has 0 radical (unpaired) electrons. The van der Waals surface area contributed by atoms with Crippen molar-refractivity contribution in [2.45, 2.75) is 64.3 Å². The topological polar surface area (TPSA) is 66.4 Å². The fraction of sp³-hybridized carbons (Fsp3) is 0.520. The number of benzene rings is 1. The van der Waals surface area contributed by atoms with Crippen LogP contribution in [0.3, 0.4) is 0 Å². The van der Waals surface area contributed by atoms with E-state index in [1.807, 2.05) is 0 Å². The molecule has 1 aromatic heterocycles. The zero-order chi connectivity index (χ0) is 22.7. The van der Waals surface area contributed by atoms with Crippen molar-refractivity contribution in [3.05, 3.63) is 58.9 Å². The highest BCUT2D eigenvalue weighted by molar-refractivity contribution is 5.96. The number of hydrogen-bond acceptors (Lipinski definition) is 3. The van der Waals surface area contributed by atoms with Gasteiger partial charge in [-0.15, -0.1) is 0 Å². The van der Waals surface area contributed by atoms with E-state index in [0.717, 1.165) is 13.1 Å². The minimum Gasteiger partial charge on any atom is -0.349 e. The Bertz CT molecular complexity index is 939. The molecule has 1 saturated carbocycles. The fourth-order valence-corrected chi connectivity index (χ4v) is 5.18. The third kappa shape index (κ3) is 5.04. The van der Waals surface area contributed by atoms with Gasteiger partial charge in [0.25, 0.3) is 5.91 Å². The lowest BCUT2D eigenvalue weighted by Crippen LogP contribution is -2.63. The lowest BCUT2D eigenvalue weighted by Gasteiger charge is -2.47. The maximum atomic E-state index is 12.8. The van der Waals surface area contributed by atoms with Crippen LogP contribution in [0.2, 0.25) is 0 Å². The predicted molar refractivity (Wildman–Crippen MR) is 122 cm³/mol. The lowest BCUT2D eigenvalue weighted by molar-refractivity contribution is -0.122. The van der Waals surface area contributed by atoms with Crippen molar-refractivity contribution < 1.29 is 14.0 Å². The summed E-state index contributed by atoms with van der Waals surface area (Å²) in [6.07, 6.45) is 4.78. The van der Waals surface area contributed by atoms with Crippen LogP contribution in [0.15, 0.2) is 36.4 Å². The van der Waals surface area contributed by atoms with Crippen molar-refractivity contribution in [2.75, 3.05) is 19.6 Å². The van der Waals surface area contributed by atoms with Crippen LogP contribution in [0.1, 0.15) is 59.0 Å². The minimum atomic E-state index is -0.618. The van der Waals surface area contributed by atoms with Gasteiger partial charge >= 0.3 is 0 Å². The number of rotatable bonds is 7. The first kappa shape index (κ1) is 22.5. The van der Waals surface area contributed by atoms with Gasteiger partial charge in [-0.1, -0.05) is 12.1 Å². The molecule has 0 bridgehead atoms. The Morgan fingerprint density at radius 3 is 2.31 bits per heavy atom. The Balaban J connectivity index is 1.15. The SMILES string of the molecule is Cc1ccc(C)n1C1CCC(N2CC(NC(=O)CNC(=O)c3cccc(CF)c3)C2)CC1. The van der Waals surface area contributed by atoms with Crippen molar-refractivity contribution in [3.8, 4) is 0 Å². The number of nitrogens with one attached hydrogen (secondary N) is 2. The Morgan fingerprint density at radius 2 is 1.66 bits per heavy atom. The average molecular weight is 441 g/mol. The minimum absolute atomic E-state index is 0.0735. The summed E-state index contributed by atoms with van der Waals surface area (Å²) in [7, 11) is 0. The van der Waals surface area contributed by atoms with Crippen molar-refractivity contribution >= 4 is 11.8 Å².